The Hall–Kier alpha value is -0.860. The molecule has 15 heavy (non-hydrogen) atoms. The Morgan fingerprint density at radius 3 is 2.87 bits per heavy atom. The summed E-state index contributed by atoms with van der Waals surface area (Å²) in [6.07, 6.45) is 1.37. The largest absolute Gasteiger partial charge is 0.379 e. The first-order valence-corrected chi connectivity index (χ1v) is 5.59. The number of benzene rings is 1. The van der Waals surface area contributed by atoms with Gasteiger partial charge in [-0.1, -0.05) is 37.3 Å². The van der Waals surface area contributed by atoms with Crippen molar-refractivity contribution in [2.24, 2.45) is 5.92 Å². The SMILES string of the molecule is C[C@H]1CCOC[C@@H]1OCc1ccccc1. The molecule has 0 bridgehead atoms. The van der Waals surface area contributed by atoms with E-state index in [2.05, 4.69) is 19.1 Å². The minimum atomic E-state index is 0.263. The second-order valence-corrected chi connectivity index (χ2v) is 4.18. The lowest BCUT2D eigenvalue weighted by Crippen LogP contribution is -2.32. The van der Waals surface area contributed by atoms with Gasteiger partial charge in [0.2, 0.25) is 0 Å². The highest BCUT2D eigenvalue weighted by Gasteiger charge is 2.22. The van der Waals surface area contributed by atoms with E-state index in [1.165, 1.54) is 5.56 Å². The lowest BCUT2D eigenvalue weighted by molar-refractivity contribution is -0.0854. The molecular weight excluding hydrogens is 188 g/mol. The second kappa shape index (κ2) is 5.29. The molecule has 1 aliphatic rings. The van der Waals surface area contributed by atoms with E-state index in [1.54, 1.807) is 0 Å². The molecule has 1 aromatic carbocycles. The Balaban J connectivity index is 1.82. The maximum absolute atomic E-state index is 5.86. The summed E-state index contributed by atoms with van der Waals surface area (Å²) in [4.78, 5) is 0. The number of rotatable bonds is 3. The molecule has 0 spiro atoms. The van der Waals surface area contributed by atoms with E-state index in [1.807, 2.05) is 18.2 Å². The summed E-state index contributed by atoms with van der Waals surface area (Å²) < 4.78 is 11.3. The molecule has 0 radical (unpaired) electrons. The predicted molar refractivity (Wildman–Crippen MR) is 59.6 cm³/mol. The molecule has 82 valence electrons. The van der Waals surface area contributed by atoms with Crippen molar-refractivity contribution >= 4 is 0 Å². The van der Waals surface area contributed by atoms with Gasteiger partial charge < -0.3 is 9.47 Å². The Kier molecular flexibility index (Phi) is 3.75. The van der Waals surface area contributed by atoms with Gasteiger partial charge in [0.1, 0.15) is 0 Å². The molecule has 0 unspecified atom stereocenters. The van der Waals surface area contributed by atoms with E-state index >= 15 is 0 Å². The molecule has 1 saturated heterocycles. The van der Waals surface area contributed by atoms with Gasteiger partial charge in [-0.05, 0) is 17.9 Å². The molecule has 2 heteroatoms. The van der Waals surface area contributed by atoms with Crippen molar-refractivity contribution in [3.05, 3.63) is 35.9 Å². The van der Waals surface area contributed by atoms with E-state index in [9.17, 15) is 0 Å². The van der Waals surface area contributed by atoms with Crippen molar-refractivity contribution in [3.8, 4) is 0 Å². The van der Waals surface area contributed by atoms with Crippen LogP contribution in [0.2, 0.25) is 0 Å². The second-order valence-electron chi connectivity index (χ2n) is 4.18. The maximum Gasteiger partial charge on any atom is 0.0839 e. The number of hydrogen-bond acceptors (Lipinski definition) is 2. The van der Waals surface area contributed by atoms with Gasteiger partial charge in [-0.2, -0.15) is 0 Å². The van der Waals surface area contributed by atoms with Gasteiger partial charge in [-0.3, -0.25) is 0 Å². The molecule has 0 N–H and O–H groups in total. The van der Waals surface area contributed by atoms with Gasteiger partial charge in [0.25, 0.3) is 0 Å². The summed E-state index contributed by atoms with van der Waals surface area (Å²) in [6.45, 7) is 4.55. The molecule has 1 heterocycles. The fourth-order valence-corrected chi connectivity index (χ4v) is 1.81. The monoisotopic (exact) mass is 206 g/mol. The third-order valence-corrected chi connectivity index (χ3v) is 2.94. The minimum absolute atomic E-state index is 0.263. The molecule has 0 amide bonds. The highest BCUT2D eigenvalue weighted by molar-refractivity contribution is 5.13. The Labute approximate surface area is 91.2 Å². The zero-order valence-corrected chi connectivity index (χ0v) is 9.19. The van der Waals surface area contributed by atoms with Crippen molar-refractivity contribution in [3.63, 3.8) is 0 Å². The number of hydrogen-bond donors (Lipinski definition) is 0. The van der Waals surface area contributed by atoms with Crippen molar-refractivity contribution in [1.82, 2.24) is 0 Å². The molecule has 0 aromatic heterocycles. The predicted octanol–water partition coefficient (Wildman–Crippen LogP) is 2.63. The van der Waals surface area contributed by atoms with Gasteiger partial charge in [0, 0.05) is 6.61 Å². The summed E-state index contributed by atoms with van der Waals surface area (Å²) >= 11 is 0. The summed E-state index contributed by atoms with van der Waals surface area (Å²) in [5.41, 5.74) is 1.23. The lowest BCUT2D eigenvalue weighted by atomic mass is 10.00. The third kappa shape index (κ3) is 3.05. The summed E-state index contributed by atoms with van der Waals surface area (Å²) in [7, 11) is 0. The fraction of sp³-hybridized carbons (Fsp3) is 0.538. The standard InChI is InChI=1S/C13H18O2/c1-11-7-8-14-10-13(11)15-9-12-5-3-2-4-6-12/h2-6,11,13H,7-10H2,1H3/t11-,13-/m0/s1. The zero-order chi connectivity index (χ0) is 10.5. The molecule has 2 atom stereocenters. The molecule has 1 fully saturated rings. The van der Waals surface area contributed by atoms with E-state index in [4.69, 9.17) is 9.47 Å². The highest BCUT2D eigenvalue weighted by atomic mass is 16.5. The first-order valence-electron chi connectivity index (χ1n) is 5.59. The molecule has 1 aliphatic heterocycles. The van der Waals surface area contributed by atoms with Crippen LogP contribution in [0.25, 0.3) is 0 Å². The fourth-order valence-electron chi connectivity index (χ4n) is 1.81. The van der Waals surface area contributed by atoms with Crippen LogP contribution < -0.4 is 0 Å². The van der Waals surface area contributed by atoms with Gasteiger partial charge in [-0.15, -0.1) is 0 Å². The Bertz CT molecular complexity index is 284. The zero-order valence-electron chi connectivity index (χ0n) is 9.19. The normalized spacial score (nSPS) is 26.5. The summed E-state index contributed by atoms with van der Waals surface area (Å²) in [6, 6.07) is 10.3. The summed E-state index contributed by atoms with van der Waals surface area (Å²) in [5, 5.41) is 0. The molecule has 2 nitrogen and oxygen atoms in total. The van der Waals surface area contributed by atoms with Crippen molar-refractivity contribution in [2.75, 3.05) is 13.2 Å². The van der Waals surface area contributed by atoms with Crippen LogP contribution in [0.4, 0.5) is 0 Å². The van der Waals surface area contributed by atoms with E-state index in [0.717, 1.165) is 19.6 Å². The average molecular weight is 206 g/mol. The van der Waals surface area contributed by atoms with Crippen LogP contribution in [0.1, 0.15) is 18.9 Å². The van der Waals surface area contributed by atoms with Gasteiger partial charge in [0.15, 0.2) is 0 Å². The molecule has 2 rings (SSSR count). The van der Waals surface area contributed by atoms with E-state index < -0.39 is 0 Å². The molecule has 0 aliphatic carbocycles. The van der Waals surface area contributed by atoms with E-state index in [0.29, 0.717) is 12.5 Å². The number of ether oxygens (including phenoxy) is 2. The van der Waals surface area contributed by atoms with Gasteiger partial charge >= 0.3 is 0 Å². The maximum atomic E-state index is 5.86. The van der Waals surface area contributed by atoms with Crippen LogP contribution in [-0.4, -0.2) is 19.3 Å². The van der Waals surface area contributed by atoms with Crippen LogP contribution in [0.15, 0.2) is 30.3 Å². The van der Waals surface area contributed by atoms with Crippen LogP contribution in [0, 0.1) is 5.92 Å². The molecule has 1 aromatic rings. The van der Waals surface area contributed by atoms with Crippen LogP contribution >= 0.6 is 0 Å². The van der Waals surface area contributed by atoms with Crippen molar-refractivity contribution in [1.29, 1.82) is 0 Å². The van der Waals surface area contributed by atoms with Crippen LogP contribution in [0.3, 0.4) is 0 Å². The van der Waals surface area contributed by atoms with Crippen LogP contribution in [0.5, 0.6) is 0 Å². The van der Waals surface area contributed by atoms with Crippen LogP contribution in [-0.2, 0) is 16.1 Å². The Morgan fingerprint density at radius 2 is 2.13 bits per heavy atom. The topological polar surface area (TPSA) is 18.5 Å². The highest BCUT2D eigenvalue weighted by Crippen LogP contribution is 2.18. The smallest absolute Gasteiger partial charge is 0.0839 e. The van der Waals surface area contributed by atoms with Gasteiger partial charge in [-0.25, -0.2) is 0 Å². The summed E-state index contributed by atoms with van der Waals surface area (Å²) in [5.74, 6) is 0.613. The molecule has 0 saturated carbocycles. The van der Waals surface area contributed by atoms with Crippen molar-refractivity contribution < 1.29 is 9.47 Å². The minimum Gasteiger partial charge on any atom is -0.379 e. The van der Waals surface area contributed by atoms with E-state index in [-0.39, 0.29) is 6.10 Å². The van der Waals surface area contributed by atoms with Gasteiger partial charge in [0.05, 0.1) is 19.3 Å². The third-order valence-electron chi connectivity index (χ3n) is 2.94. The average Bonchev–Trinajstić information content (AvgIpc) is 2.29. The first kappa shape index (κ1) is 10.7. The van der Waals surface area contributed by atoms with Crippen molar-refractivity contribution in [2.45, 2.75) is 26.1 Å². The first-order chi connectivity index (χ1) is 7.36. The lowest BCUT2D eigenvalue weighted by Gasteiger charge is -2.28. The molecular formula is C13H18O2. The quantitative estimate of drug-likeness (QED) is 0.757. The Morgan fingerprint density at radius 1 is 1.33 bits per heavy atom.